The third-order valence-electron chi connectivity index (χ3n) is 3.55. The summed E-state index contributed by atoms with van der Waals surface area (Å²) in [6.07, 6.45) is 3.46. The summed E-state index contributed by atoms with van der Waals surface area (Å²) in [7, 11) is 0. The van der Waals surface area contributed by atoms with Gasteiger partial charge in [0.2, 0.25) is 5.91 Å². The molecule has 0 aromatic heterocycles. The topological polar surface area (TPSA) is 73.1 Å². The molecule has 0 aromatic rings. The molecule has 4 nitrogen and oxygen atoms in total. The highest BCUT2D eigenvalue weighted by Crippen LogP contribution is 2.39. The number of nitriles is 1. The molecule has 0 saturated heterocycles. The van der Waals surface area contributed by atoms with Crippen molar-refractivity contribution in [1.29, 1.82) is 5.26 Å². The predicted molar refractivity (Wildman–Crippen MR) is 73.1 cm³/mol. The van der Waals surface area contributed by atoms with Gasteiger partial charge in [-0.3, -0.25) is 4.79 Å². The molecule has 1 fully saturated rings. The van der Waals surface area contributed by atoms with E-state index in [0.29, 0.717) is 17.7 Å². The van der Waals surface area contributed by atoms with Gasteiger partial charge in [-0.25, -0.2) is 0 Å². The standard InChI is InChI=1S/C13H22N2O2S/c1-12(2)3-5-13(17,6-4-12)10-15-11(16)9-18-8-7-14/h17H,3-6,8-10H2,1-2H3,(H,15,16). The number of carbonyl (C=O) groups is 1. The van der Waals surface area contributed by atoms with Crippen molar-refractivity contribution in [3.05, 3.63) is 0 Å². The van der Waals surface area contributed by atoms with Crippen LogP contribution in [0.1, 0.15) is 39.5 Å². The van der Waals surface area contributed by atoms with Gasteiger partial charge in [0.05, 0.1) is 23.2 Å². The number of amides is 1. The Morgan fingerprint density at radius 1 is 1.39 bits per heavy atom. The fourth-order valence-electron chi connectivity index (χ4n) is 2.07. The van der Waals surface area contributed by atoms with Gasteiger partial charge in [0.1, 0.15) is 0 Å². The molecule has 0 radical (unpaired) electrons. The summed E-state index contributed by atoms with van der Waals surface area (Å²) in [4.78, 5) is 11.5. The molecule has 2 N–H and O–H groups in total. The number of nitrogens with zero attached hydrogens (tertiary/aromatic N) is 1. The summed E-state index contributed by atoms with van der Waals surface area (Å²) < 4.78 is 0. The highest BCUT2D eigenvalue weighted by atomic mass is 32.2. The summed E-state index contributed by atoms with van der Waals surface area (Å²) in [5, 5.41) is 21.5. The Hall–Kier alpha value is -0.730. The molecule has 0 bridgehead atoms. The first-order valence-electron chi connectivity index (χ1n) is 6.31. The van der Waals surface area contributed by atoms with E-state index < -0.39 is 5.60 Å². The molecule has 18 heavy (non-hydrogen) atoms. The van der Waals surface area contributed by atoms with Crippen LogP contribution in [0.15, 0.2) is 0 Å². The normalized spacial score (nSPS) is 21.0. The number of aliphatic hydroxyl groups is 1. The molecule has 0 atom stereocenters. The van der Waals surface area contributed by atoms with Crippen LogP contribution >= 0.6 is 11.8 Å². The van der Waals surface area contributed by atoms with Gasteiger partial charge in [-0.05, 0) is 31.1 Å². The Kier molecular flexibility index (Phi) is 5.48. The molecule has 0 heterocycles. The van der Waals surface area contributed by atoms with E-state index in [-0.39, 0.29) is 11.7 Å². The molecule has 5 heteroatoms. The first-order valence-corrected chi connectivity index (χ1v) is 7.46. The average Bonchev–Trinajstić information content (AvgIpc) is 2.32. The van der Waals surface area contributed by atoms with Crippen molar-refractivity contribution in [2.75, 3.05) is 18.1 Å². The van der Waals surface area contributed by atoms with Crippen molar-refractivity contribution in [3.8, 4) is 6.07 Å². The molecule has 1 aliphatic rings. The van der Waals surface area contributed by atoms with Gasteiger partial charge in [0, 0.05) is 6.54 Å². The zero-order valence-corrected chi connectivity index (χ0v) is 12.0. The number of thioether (sulfide) groups is 1. The molecule has 0 unspecified atom stereocenters. The zero-order chi connectivity index (χ0) is 13.6. The SMILES string of the molecule is CC1(C)CCC(O)(CNC(=O)CSCC#N)CC1. The van der Waals surface area contributed by atoms with Crippen molar-refractivity contribution in [2.24, 2.45) is 5.41 Å². The molecule has 102 valence electrons. The number of rotatable bonds is 5. The van der Waals surface area contributed by atoms with Crippen LogP contribution in [0.25, 0.3) is 0 Å². The molecule has 1 aliphatic carbocycles. The van der Waals surface area contributed by atoms with E-state index in [1.54, 1.807) is 0 Å². The van der Waals surface area contributed by atoms with Crippen LogP contribution in [0.4, 0.5) is 0 Å². The first kappa shape index (κ1) is 15.3. The minimum absolute atomic E-state index is 0.103. The number of hydrogen-bond donors (Lipinski definition) is 2. The smallest absolute Gasteiger partial charge is 0.230 e. The third kappa shape index (κ3) is 5.28. The highest BCUT2D eigenvalue weighted by molar-refractivity contribution is 8.00. The van der Waals surface area contributed by atoms with E-state index in [2.05, 4.69) is 19.2 Å². The Labute approximate surface area is 113 Å². The van der Waals surface area contributed by atoms with E-state index >= 15 is 0 Å². The first-order chi connectivity index (χ1) is 8.37. The molecule has 1 amide bonds. The van der Waals surface area contributed by atoms with Crippen LogP contribution in [0.3, 0.4) is 0 Å². The minimum Gasteiger partial charge on any atom is -0.388 e. The summed E-state index contributed by atoms with van der Waals surface area (Å²) in [5.41, 5.74) is -0.441. The minimum atomic E-state index is -0.745. The maximum Gasteiger partial charge on any atom is 0.230 e. The van der Waals surface area contributed by atoms with Gasteiger partial charge < -0.3 is 10.4 Å². The second kappa shape index (κ2) is 6.44. The van der Waals surface area contributed by atoms with Crippen LogP contribution in [-0.4, -0.2) is 34.7 Å². The summed E-state index contributed by atoms with van der Waals surface area (Å²) in [6.45, 7) is 4.75. The summed E-state index contributed by atoms with van der Waals surface area (Å²) in [6, 6.07) is 1.98. The maximum atomic E-state index is 11.5. The summed E-state index contributed by atoms with van der Waals surface area (Å²) in [5.74, 6) is 0.509. The van der Waals surface area contributed by atoms with Gasteiger partial charge in [-0.2, -0.15) is 5.26 Å². The van der Waals surface area contributed by atoms with Crippen LogP contribution in [0.5, 0.6) is 0 Å². The van der Waals surface area contributed by atoms with Gasteiger partial charge in [0.15, 0.2) is 0 Å². The highest BCUT2D eigenvalue weighted by Gasteiger charge is 2.36. The van der Waals surface area contributed by atoms with Gasteiger partial charge in [0.25, 0.3) is 0 Å². The lowest BCUT2D eigenvalue weighted by Gasteiger charge is -2.40. The molecule has 0 spiro atoms. The fourth-order valence-corrected chi connectivity index (χ4v) is 2.55. The molecule has 0 aromatic carbocycles. The van der Waals surface area contributed by atoms with Crippen molar-refractivity contribution >= 4 is 17.7 Å². The van der Waals surface area contributed by atoms with Crippen LogP contribution in [-0.2, 0) is 4.79 Å². The molecule has 1 saturated carbocycles. The Morgan fingerprint density at radius 2 is 2.00 bits per heavy atom. The largest absolute Gasteiger partial charge is 0.388 e. The quantitative estimate of drug-likeness (QED) is 0.746. The fraction of sp³-hybridized carbons (Fsp3) is 0.846. The van der Waals surface area contributed by atoms with E-state index in [1.165, 1.54) is 11.8 Å². The lowest BCUT2D eigenvalue weighted by atomic mass is 9.71. The Bertz CT molecular complexity index is 326. The average molecular weight is 270 g/mol. The molecule has 0 aliphatic heterocycles. The Morgan fingerprint density at radius 3 is 2.56 bits per heavy atom. The molecule has 1 rings (SSSR count). The predicted octanol–water partition coefficient (Wildman–Crippen LogP) is 1.69. The van der Waals surface area contributed by atoms with E-state index in [0.717, 1.165) is 25.7 Å². The maximum absolute atomic E-state index is 11.5. The van der Waals surface area contributed by atoms with Gasteiger partial charge in [-0.1, -0.05) is 13.8 Å². The van der Waals surface area contributed by atoms with Crippen LogP contribution < -0.4 is 5.32 Å². The second-order valence-electron chi connectivity index (χ2n) is 5.82. The van der Waals surface area contributed by atoms with Gasteiger partial charge >= 0.3 is 0 Å². The lowest BCUT2D eigenvalue weighted by Crippen LogP contribution is -2.47. The van der Waals surface area contributed by atoms with Gasteiger partial charge in [-0.15, -0.1) is 11.8 Å². The number of carbonyl (C=O) groups excluding carboxylic acids is 1. The van der Waals surface area contributed by atoms with E-state index in [9.17, 15) is 9.90 Å². The number of nitrogens with one attached hydrogen (secondary N) is 1. The second-order valence-corrected chi connectivity index (χ2v) is 6.80. The van der Waals surface area contributed by atoms with Crippen LogP contribution in [0, 0.1) is 16.7 Å². The molecular formula is C13H22N2O2S. The van der Waals surface area contributed by atoms with Crippen molar-refractivity contribution in [2.45, 2.75) is 45.1 Å². The van der Waals surface area contributed by atoms with E-state index in [4.69, 9.17) is 5.26 Å². The van der Waals surface area contributed by atoms with Crippen molar-refractivity contribution < 1.29 is 9.90 Å². The van der Waals surface area contributed by atoms with Crippen molar-refractivity contribution in [1.82, 2.24) is 5.32 Å². The van der Waals surface area contributed by atoms with E-state index in [1.807, 2.05) is 6.07 Å². The zero-order valence-electron chi connectivity index (χ0n) is 11.2. The van der Waals surface area contributed by atoms with Crippen molar-refractivity contribution in [3.63, 3.8) is 0 Å². The third-order valence-corrected chi connectivity index (χ3v) is 4.35. The summed E-state index contributed by atoms with van der Waals surface area (Å²) >= 11 is 1.29. The van der Waals surface area contributed by atoms with Crippen LogP contribution in [0.2, 0.25) is 0 Å². The number of hydrogen-bond acceptors (Lipinski definition) is 4. The Balaban J connectivity index is 2.26. The monoisotopic (exact) mass is 270 g/mol. The molecular weight excluding hydrogens is 248 g/mol. The lowest BCUT2D eigenvalue weighted by molar-refractivity contribution is -0.120.